The summed E-state index contributed by atoms with van der Waals surface area (Å²) in [6, 6.07) is 5.96. The Morgan fingerprint density at radius 2 is 1.89 bits per heavy atom. The minimum Gasteiger partial charge on any atom is -0.387 e. The zero-order valence-corrected chi connectivity index (χ0v) is 11.2. The number of hydrogen-bond acceptors (Lipinski definition) is 3. The van der Waals surface area contributed by atoms with Gasteiger partial charge in [0.15, 0.2) is 0 Å². The van der Waals surface area contributed by atoms with E-state index in [1.54, 1.807) is 12.1 Å². The van der Waals surface area contributed by atoms with Crippen LogP contribution in [0.4, 0.5) is 4.39 Å². The molecule has 4 heteroatoms. The summed E-state index contributed by atoms with van der Waals surface area (Å²) >= 11 is 0. The van der Waals surface area contributed by atoms with Crippen molar-refractivity contribution in [1.29, 1.82) is 0 Å². The van der Waals surface area contributed by atoms with E-state index in [-0.39, 0.29) is 17.9 Å². The zero-order chi connectivity index (χ0) is 13.5. The van der Waals surface area contributed by atoms with E-state index in [0.717, 1.165) is 0 Å². The molecule has 0 fully saturated rings. The van der Waals surface area contributed by atoms with Crippen LogP contribution in [0.1, 0.15) is 32.4 Å². The van der Waals surface area contributed by atoms with Crippen LogP contribution in [0.5, 0.6) is 0 Å². The number of hydrogen-bond donors (Lipinski definition) is 2. The Balaban J connectivity index is 2.50. The molecule has 1 aromatic rings. The third kappa shape index (κ3) is 4.72. The monoisotopic (exact) mass is 255 g/mol. The quantitative estimate of drug-likeness (QED) is 0.785. The van der Waals surface area contributed by atoms with Crippen molar-refractivity contribution in [2.45, 2.75) is 39.0 Å². The number of aliphatic hydroxyl groups excluding tert-OH is 1. The fraction of sp³-hybridized carbons (Fsp3) is 0.571. The molecular formula is C14H22FNO2. The minimum atomic E-state index is -0.658. The van der Waals surface area contributed by atoms with Crippen molar-refractivity contribution in [1.82, 2.24) is 5.32 Å². The molecular weight excluding hydrogens is 233 g/mol. The van der Waals surface area contributed by atoms with Crippen LogP contribution in [0.15, 0.2) is 24.3 Å². The Labute approximate surface area is 108 Å². The van der Waals surface area contributed by atoms with Crippen LogP contribution in [0.2, 0.25) is 0 Å². The Hall–Kier alpha value is -0.970. The van der Waals surface area contributed by atoms with Crippen LogP contribution in [0.25, 0.3) is 0 Å². The van der Waals surface area contributed by atoms with Crippen molar-refractivity contribution in [3.05, 3.63) is 35.6 Å². The first-order valence-corrected chi connectivity index (χ1v) is 6.32. The number of rotatable bonds is 7. The van der Waals surface area contributed by atoms with Gasteiger partial charge < -0.3 is 15.2 Å². The number of halogens is 1. The molecule has 3 nitrogen and oxygen atoms in total. The van der Waals surface area contributed by atoms with Crippen molar-refractivity contribution in [3.8, 4) is 0 Å². The van der Waals surface area contributed by atoms with Gasteiger partial charge >= 0.3 is 0 Å². The molecule has 0 aliphatic heterocycles. The largest absolute Gasteiger partial charge is 0.387 e. The van der Waals surface area contributed by atoms with Gasteiger partial charge in [0.25, 0.3) is 0 Å². The van der Waals surface area contributed by atoms with E-state index in [2.05, 4.69) is 5.32 Å². The molecule has 1 rings (SSSR count). The van der Waals surface area contributed by atoms with Gasteiger partial charge in [-0.2, -0.15) is 0 Å². The highest BCUT2D eigenvalue weighted by Gasteiger charge is 2.18. The molecule has 0 bridgehead atoms. The van der Waals surface area contributed by atoms with E-state index in [9.17, 15) is 9.50 Å². The van der Waals surface area contributed by atoms with Crippen molar-refractivity contribution in [3.63, 3.8) is 0 Å². The molecule has 0 aromatic heterocycles. The Morgan fingerprint density at radius 3 is 2.44 bits per heavy atom. The van der Waals surface area contributed by atoms with E-state index >= 15 is 0 Å². The first kappa shape index (κ1) is 15.1. The molecule has 0 radical (unpaired) electrons. The molecule has 0 saturated heterocycles. The maximum absolute atomic E-state index is 12.8. The second-order valence-electron chi connectivity index (χ2n) is 4.51. The molecule has 0 amide bonds. The Bertz CT molecular complexity index is 342. The smallest absolute Gasteiger partial charge is 0.123 e. The van der Waals surface area contributed by atoms with Crippen molar-refractivity contribution < 1.29 is 14.2 Å². The van der Waals surface area contributed by atoms with Gasteiger partial charge in [0.1, 0.15) is 5.82 Å². The van der Waals surface area contributed by atoms with Gasteiger partial charge in [-0.15, -0.1) is 0 Å². The molecule has 18 heavy (non-hydrogen) atoms. The van der Waals surface area contributed by atoms with E-state index in [0.29, 0.717) is 18.8 Å². The molecule has 3 unspecified atom stereocenters. The lowest BCUT2D eigenvalue weighted by Gasteiger charge is -2.24. The maximum Gasteiger partial charge on any atom is 0.123 e. The predicted molar refractivity (Wildman–Crippen MR) is 69.9 cm³/mol. The second-order valence-corrected chi connectivity index (χ2v) is 4.51. The molecule has 102 valence electrons. The summed E-state index contributed by atoms with van der Waals surface area (Å²) in [5.41, 5.74) is 0.708. The minimum absolute atomic E-state index is 0.120. The van der Waals surface area contributed by atoms with Crippen LogP contribution >= 0.6 is 0 Å². The van der Waals surface area contributed by atoms with Gasteiger partial charge in [-0.1, -0.05) is 12.1 Å². The lowest BCUT2D eigenvalue weighted by atomic mass is 10.0. The van der Waals surface area contributed by atoms with Gasteiger partial charge in [0.05, 0.1) is 12.7 Å². The van der Waals surface area contributed by atoms with Gasteiger partial charge in [-0.05, 0) is 38.5 Å². The van der Waals surface area contributed by atoms with Gasteiger partial charge in [0.2, 0.25) is 0 Å². The highest BCUT2D eigenvalue weighted by molar-refractivity contribution is 5.19. The molecule has 0 saturated carbocycles. The lowest BCUT2D eigenvalue weighted by Crippen LogP contribution is -2.40. The topological polar surface area (TPSA) is 41.5 Å². The number of aliphatic hydroxyl groups is 1. The highest BCUT2D eigenvalue weighted by Crippen LogP contribution is 2.17. The zero-order valence-electron chi connectivity index (χ0n) is 11.2. The molecule has 0 aliphatic carbocycles. The van der Waals surface area contributed by atoms with Crippen LogP contribution in [-0.2, 0) is 4.74 Å². The summed E-state index contributed by atoms with van der Waals surface area (Å²) in [5, 5.41) is 13.4. The standard InChI is InChI=1S/C14H22FNO2/c1-4-18-9-10(2)16-11(3)14(17)12-5-7-13(15)8-6-12/h5-8,10-11,14,16-17H,4,9H2,1-3H3. The number of nitrogens with one attached hydrogen (secondary N) is 1. The third-order valence-electron chi connectivity index (χ3n) is 2.80. The highest BCUT2D eigenvalue weighted by atomic mass is 19.1. The summed E-state index contributed by atoms with van der Waals surface area (Å²) in [7, 11) is 0. The predicted octanol–water partition coefficient (Wildman–Crippen LogP) is 2.26. The summed E-state index contributed by atoms with van der Waals surface area (Å²) in [6.07, 6.45) is -0.658. The maximum atomic E-state index is 12.8. The molecule has 0 aliphatic rings. The summed E-state index contributed by atoms with van der Waals surface area (Å²) in [6.45, 7) is 7.14. The van der Waals surface area contributed by atoms with E-state index < -0.39 is 6.10 Å². The summed E-state index contributed by atoms with van der Waals surface area (Å²) < 4.78 is 18.1. The van der Waals surface area contributed by atoms with Crippen molar-refractivity contribution in [2.75, 3.05) is 13.2 Å². The molecule has 1 aromatic carbocycles. The SMILES string of the molecule is CCOCC(C)NC(C)C(O)c1ccc(F)cc1. The fourth-order valence-electron chi connectivity index (χ4n) is 1.83. The average molecular weight is 255 g/mol. The van der Waals surface area contributed by atoms with Crippen molar-refractivity contribution in [2.24, 2.45) is 0 Å². The van der Waals surface area contributed by atoms with Gasteiger partial charge in [-0.3, -0.25) is 0 Å². The number of benzene rings is 1. The van der Waals surface area contributed by atoms with Gasteiger partial charge in [-0.25, -0.2) is 4.39 Å². The van der Waals surface area contributed by atoms with Crippen LogP contribution in [0.3, 0.4) is 0 Å². The summed E-state index contributed by atoms with van der Waals surface area (Å²) in [4.78, 5) is 0. The molecule has 3 atom stereocenters. The lowest BCUT2D eigenvalue weighted by molar-refractivity contribution is 0.0965. The second kappa shape index (κ2) is 7.46. The Morgan fingerprint density at radius 1 is 1.28 bits per heavy atom. The summed E-state index contributed by atoms with van der Waals surface area (Å²) in [5.74, 6) is -0.295. The molecule has 2 N–H and O–H groups in total. The van der Waals surface area contributed by atoms with Crippen LogP contribution in [0, 0.1) is 5.82 Å². The third-order valence-corrected chi connectivity index (χ3v) is 2.80. The fourth-order valence-corrected chi connectivity index (χ4v) is 1.83. The van der Waals surface area contributed by atoms with Gasteiger partial charge in [0, 0.05) is 18.7 Å². The first-order valence-electron chi connectivity index (χ1n) is 6.32. The molecule has 0 spiro atoms. The first-order chi connectivity index (χ1) is 8.54. The van der Waals surface area contributed by atoms with E-state index in [4.69, 9.17) is 4.74 Å². The number of ether oxygens (including phenoxy) is 1. The van der Waals surface area contributed by atoms with Crippen LogP contribution in [-0.4, -0.2) is 30.4 Å². The average Bonchev–Trinajstić information content (AvgIpc) is 2.36. The van der Waals surface area contributed by atoms with E-state index in [1.165, 1.54) is 12.1 Å². The molecule has 0 heterocycles. The Kier molecular flexibility index (Phi) is 6.25. The van der Waals surface area contributed by atoms with Crippen molar-refractivity contribution >= 4 is 0 Å². The van der Waals surface area contributed by atoms with Crippen LogP contribution < -0.4 is 5.32 Å². The van der Waals surface area contributed by atoms with E-state index in [1.807, 2.05) is 20.8 Å². The normalized spacial score (nSPS) is 16.3.